The normalized spacial score (nSPS) is 10.8. The molecule has 3 aromatic rings. The van der Waals surface area contributed by atoms with Gasteiger partial charge in [-0.1, -0.05) is 26.0 Å². The van der Waals surface area contributed by atoms with Crippen molar-refractivity contribution < 1.29 is 23.8 Å². The summed E-state index contributed by atoms with van der Waals surface area (Å²) in [5, 5.41) is 3.92. The summed E-state index contributed by atoms with van der Waals surface area (Å²) in [5.74, 6) is 1.28. The van der Waals surface area contributed by atoms with Crippen LogP contribution in [0.1, 0.15) is 41.3 Å². The van der Waals surface area contributed by atoms with Gasteiger partial charge in [0.1, 0.15) is 17.2 Å². The number of carbonyl (C=O) groups excluding carboxylic acids is 2. The maximum atomic E-state index is 12.2. The number of rotatable bonds is 9. The molecule has 0 saturated carbocycles. The third-order valence-corrected chi connectivity index (χ3v) is 4.74. The molecular weight excluding hydrogens is 420 g/mol. The van der Waals surface area contributed by atoms with E-state index in [1.807, 2.05) is 24.3 Å². The smallest absolute Gasteiger partial charge is 0.343 e. The summed E-state index contributed by atoms with van der Waals surface area (Å²) in [6, 6.07) is 21.0. The second-order valence-corrected chi connectivity index (χ2v) is 7.49. The Morgan fingerprint density at radius 2 is 1.48 bits per heavy atom. The van der Waals surface area contributed by atoms with Gasteiger partial charge in [-0.15, -0.1) is 0 Å². The number of methoxy groups -OCH3 is 1. The Hall–Kier alpha value is -4.13. The van der Waals surface area contributed by atoms with Gasteiger partial charge in [0.2, 0.25) is 0 Å². The standard InChI is InChI=1S/C26H26N2O5/c1-18(2)20-6-14-23(15-7-20)32-17-25(29)28-27-16-19-4-10-24(11-5-19)33-26(30)21-8-12-22(31-3)13-9-21/h4-16,18H,17H2,1-3H3,(H,28,29)/b27-16+. The van der Waals surface area contributed by atoms with Gasteiger partial charge in [0.25, 0.3) is 5.91 Å². The zero-order valence-electron chi connectivity index (χ0n) is 18.8. The summed E-state index contributed by atoms with van der Waals surface area (Å²) in [6.07, 6.45) is 1.49. The van der Waals surface area contributed by atoms with Gasteiger partial charge < -0.3 is 14.2 Å². The van der Waals surface area contributed by atoms with Gasteiger partial charge >= 0.3 is 5.97 Å². The minimum absolute atomic E-state index is 0.140. The van der Waals surface area contributed by atoms with Crippen LogP contribution in [0.3, 0.4) is 0 Å². The molecule has 33 heavy (non-hydrogen) atoms. The van der Waals surface area contributed by atoms with Crippen molar-refractivity contribution in [1.82, 2.24) is 5.43 Å². The van der Waals surface area contributed by atoms with Crippen LogP contribution in [-0.2, 0) is 4.79 Å². The lowest BCUT2D eigenvalue weighted by atomic mass is 10.0. The molecule has 0 aliphatic heterocycles. The Morgan fingerprint density at radius 1 is 0.879 bits per heavy atom. The van der Waals surface area contributed by atoms with Crippen molar-refractivity contribution in [3.8, 4) is 17.2 Å². The molecule has 0 aliphatic carbocycles. The number of hydrazone groups is 1. The van der Waals surface area contributed by atoms with Gasteiger partial charge in [-0.2, -0.15) is 5.10 Å². The Balaban J connectivity index is 1.44. The monoisotopic (exact) mass is 446 g/mol. The van der Waals surface area contributed by atoms with E-state index in [2.05, 4.69) is 24.4 Å². The van der Waals surface area contributed by atoms with Gasteiger partial charge in [-0.3, -0.25) is 4.79 Å². The highest BCUT2D eigenvalue weighted by molar-refractivity contribution is 5.91. The topological polar surface area (TPSA) is 86.2 Å². The van der Waals surface area contributed by atoms with Crippen LogP contribution in [-0.4, -0.2) is 31.8 Å². The number of hydrogen-bond acceptors (Lipinski definition) is 6. The molecule has 7 nitrogen and oxygen atoms in total. The van der Waals surface area contributed by atoms with Gasteiger partial charge in [-0.05, 0) is 77.7 Å². The van der Waals surface area contributed by atoms with Crippen LogP contribution < -0.4 is 19.6 Å². The van der Waals surface area contributed by atoms with Crippen LogP contribution in [0.5, 0.6) is 17.2 Å². The summed E-state index contributed by atoms with van der Waals surface area (Å²) in [7, 11) is 1.56. The first-order chi connectivity index (χ1) is 15.9. The number of nitrogens with zero attached hydrogens (tertiary/aromatic N) is 1. The molecule has 1 N–H and O–H groups in total. The van der Waals surface area contributed by atoms with Crippen molar-refractivity contribution in [2.45, 2.75) is 19.8 Å². The Bertz CT molecular complexity index is 1090. The lowest BCUT2D eigenvalue weighted by Gasteiger charge is -2.08. The van der Waals surface area contributed by atoms with Crippen molar-refractivity contribution in [3.63, 3.8) is 0 Å². The molecule has 170 valence electrons. The van der Waals surface area contributed by atoms with Gasteiger partial charge in [0.15, 0.2) is 6.61 Å². The fourth-order valence-corrected chi connectivity index (χ4v) is 2.82. The third-order valence-electron chi connectivity index (χ3n) is 4.74. The maximum Gasteiger partial charge on any atom is 0.343 e. The van der Waals surface area contributed by atoms with Gasteiger partial charge in [0.05, 0.1) is 18.9 Å². The predicted molar refractivity (Wildman–Crippen MR) is 126 cm³/mol. The van der Waals surface area contributed by atoms with E-state index in [9.17, 15) is 9.59 Å². The lowest BCUT2D eigenvalue weighted by molar-refractivity contribution is -0.123. The fraction of sp³-hybridized carbons (Fsp3) is 0.192. The molecular formula is C26H26N2O5. The first-order valence-electron chi connectivity index (χ1n) is 10.5. The van der Waals surface area contributed by atoms with E-state index in [1.165, 1.54) is 11.8 Å². The van der Waals surface area contributed by atoms with Gasteiger partial charge in [-0.25, -0.2) is 10.2 Å². The summed E-state index contributed by atoms with van der Waals surface area (Å²) < 4.78 is 15.9. The molecule has 0 bridgehead atoms. The highest BCUT2D eigenvalue weighted by atomic mass is 16.5. The van der Waals surface area contributed by atoms with Crippen LogP contribution in [0.2, 0.25) is 0 Å². The predicted octanol–water partition coefficient (Wildman–Crippen LogP) is 4.57. The zero-order valence-corrected chi connectivity index (χ0v) is 18.8. The Kier molecular flexibility index (Phi) is 8.18. The number of nitrogens with one attached hydrogen (secondary N) is 1. The molecule has 0 aliphatic rings. The van der Waals surface area contributed by atoms with E-state index in [4.69, 9.17) is 14.2 Å². The highest BCUT2D eigenvalue weighted by Crippen LogP contribution is 2.18. The average Bonchev–Trinajstić information content (AvgIpc) is 2.84. The first-order valence-corrected chi connectivity index (χ1v) is 10.5. The SMILES string of the molecule is COc1ccc(C(=O)Oc2ccc(/C=N/NC(=O)COc3ccc(C(C)C)cc3)cc2)cc1. The molecule has 0 fully saturated rings. The van der Waals surface area contributed by atoms with E-state index in [0.29, 0.717) is 28.7 Å². The van der Waals surface area contributed by atoms with Crippen molar-refractivity contribution in [3.05, 3.63) is 89.5 Å². The van der Waals surface area contributed by atoms with Crippen molar-refractivity contribution >= 4 is 18.1 Å². The first kappa shape index (κ1) is 23.5. The second-order valence-electron chi connectivity index (χ2n) is 7.49. The lowest BCUT2D eigenvalue weighted by Crippen LogP contribution is -2.24. The minimum atomic E-state index is -0.467. The molecule has 0 spiro atoms. The Morgan fingerprint density at radius 3 is 2.09 bits per heavy atom. The molecule has 7 heteroatoms. The second kappa shape index (κ2) is 11.5. The molecule has 3 aromatic carbocycles. The number of amides is 1. The number of hydrogen-bond donors (Lipinski definition) is 1. The van der Waals surface area contributed by atoms with Crippen LogP contribution >= 0.6 is 0 Å². The molecule has 3 rings (SSSR count). The number of esters is 1. The largest absolute Gasteiger partial charge is 0.497 e. The number of ether oxygens (including phenoxy) is 3. The Labute approximate surface area is 193 Å². The third kappa shape index (κ3) is 7.21. The molecule has 0 heterocycles. The molecule has 0 radical (unpaired) electrons. The molecule has 0 saturated heterocycles. The van der Waals surface area contributed by atoms with Crippen LogP contribution in [0.25, 0.3) is 0 Å². The van der Waals surface area contributed by atoms with E-state index in [1.54, 1.807) is 55.6 Å². The van der Waals surface area contributed by atoms with Crippen molar-refractivity contribution in [2.24, 2.45) is 5.10 Å². The summed E-state index contributed by atoms with van der Waals surface area (Å²) >= 11 is 0. The summed E-state index contributed by atoms with van der Waals surface area (Å²) in [4.78, 5) is 24.1. The van der Waals surface area contributed by atoms with Crippen LogP contribution in [0.15, 0.2) is 77.9 Å². The number of carbonyl (C=O) groups is 2. The van der Waals surface area contributed by atoms with Gasteiger partial charge in [0, 0.05) is 0 Å². The highest BCUT2D eigenvalue weighted by Gasteiger charge is 2.09. The minimum Gasteiger partial charge on any atom is -0.497 e. The zero-order chi connectivity index (χ0) is 23.6. The maximum absolute atomic E-state index is 12.2. The van der Waals surface area contributed by atoms with E-state index >= 15 is 0 Å². The molecule has 0 unspecified atom stereocenters. The van der Waals surface area contributed by atoms with Crippen molar-refractivity contribution in [2.75, 3.05) is 13.7 Å². The molecule has 0 atom stereocenters. The average molecular weight is 447 g/mol. The quantitative estimate of drug-likeness (QED) is 0.225. The summed E-state index contributed by atoms with van der Waals surface area (Å²) in [5.41, 5.74) is 4.77. The van der Waals surface area contributed by atoms with Crippen LogP contribution in [0.4, 0.5) is 0 Å². The van der Waals surface area contributed by atoms with E-state index in [-0.39, 0.29) is 12.5 Å². The van der Waals surface area contributed by atoms with Crippen LogP contribution in [0, 0.1) is 0 Å². The number of benzene rings is 3. The fourth-order valence-electron chi connectivity index (χ4n) is 2.82. The molecule has 0 aromatic heterocycles. The summed E-state index contributed by atoms with van der Waals surface area (Å²) in [6.45, 7) is 4.09. The van der Waals surface area contributed by atoms with E-state index in [0.717, 1.165) is 5.56 Å². The molecule has 1 amide bonds. The van der Waals surface area contributed by atoms with E-state index < -0.39 is 5.97 Å². The van der Waals surface area contributed by atoms with Crippen molar-refractivity contribution in [1.29, 1.82) is 0 Å².